The van der Waals surface area contributed by atoms with E-state index in [2.05, 4.69) is 16.3 Å². The fourth-order valence-electron chi connectivity index (χ4n) is 2.06. The van der Waals surface area contributed by atoms with Gasteiger partial charge in [0.2, 0.25) is 5.91 Å². The van der Waals surface area contributed by atoms with Crippen molar-refractivity contribution in [1.82, 2.24) is 10.2 Å². The third-order valence-corrected chi connectivity index (χ3v) is 3.13. The minimum atomic E-state index is 0.104. The summed E-state index contributed by atoms with van der Waals surface area (Å²) in [6, 6.07) is 2.14. The molecular weight excluding hydrogens is 218 g/mol. The van der Waals surface area contributed by atoms with E-state index in [-0.39, 0.29) is 18.4 Å². The summed E-state index contributed by atoms with van der Waals surface area (Å²) in [5.74, 6) is 0.213. The maximum atomic E-state index is 11.7. The van der Waals surface area contributed by atoms with Crippen molar-refractivity contribution >= 4 is 5.91 Å². The first-order valence-corrected chi connectivity index (χ1v) is 6.25. The lowest BCUT2D eigenvalue weighted by Gasteiger charge is -2.30. The second kappa shape index (κ2) is 8.04. The van der Waals surface area contributed by atoms with Crippen LogP contribution in [0.15, 0.2) is 0 Å². The quantitative estimate of drug-likeness (QED) is 0.645. The molecule has 0 spiro atoms. The van der Waals surface area contributed by atoms with Crippen molar-refractivity contribution in [1.29, 1.82) is 5.26 Å². The molecule has 5 heteroatoms. The zero-order valence-electron chi connectivity index (χ0n) is 10.2. The van der Waals surface area contributed by atoms with Crippen molar-refractivity contribution < 1.29 is 9.90 Å². The summed E-state index contributed by atoms with van der Waals surface area (Å²) in [7, 11) is 0. The molecule has 1 heterocycles. The summed E-state index contributed by atoms with van der Waals surface area (Å²) >= 11 is 0. The van der Waals surface area contributed by atoms with Gasteiger partial charge in [-0.15, -0.1) is 0 Å². The van der Waals surface area contributed by atoms with Crippen molar-refractivity contribution in [2.75, 3.05) is 32.8 Å². The van der Waals surface area contributed by atoms with E-state index in [0.29, 0.717) is 19.4 Å². The summed E-state index contributed by atoms with van der Waals surface area (Å²) < 4.78 is 0. The first-order valence-electron chi connectivity index (χ1n) is 6.25. The molecule has 0 radical (unpaired) electrons. The number of hydrogen-bond donors (Lipinski definition) is 2. The van der Waals surface area contributed by atoms with Crippen LogP contribution in [0.3, 0.4) is 0 Å². The highest BCUT2D eigenvalue weighted by atomic mass is 16.3. The number of hydrogen-bond acceptors (Lipinski definition) is 4. The smallest absolute Gasteiger partial charge is 0.223 e. The van der Waals surface area contributed by atoms with E-state index >= 15 is 0 Å². The Morgan fingerprint density at radius 2 is 2.18 bits per heavy atom. The second-order valence-electron chi connectivity index (χ2n) is 4.39. The van der Waals surface area contributed by atoms with Crippen LogP contribution in [-0.2, 0) is 4.79 Å². The van der Waals surface area contributed by atoms with Crippen molar-refractivity contribution in [3.05, 3.63) is 0 Å². The molecule has 0 atom stereocenters. The van der Waals surface area contributed by atoms with Gasteiger partial charge in [0.25, 0.3) is 0 Å². The van der Waals surface area contributed by atoms with E-state index in [4.69, 9.17) is 10.4 Å². The van der Waals surface area contributed by atoms with E-state index < -0.39 is 0 Å². The molecule has 0 aliphatic carbocycles. The van der Waals surface area contributed by atoms with Gasteiger partial charge in [0, 0.05) is 32.0 Å². The minimum Gasteiger partial charge on any atom is -0.396 e. The van der Waals surface area contributed by atoms with Gasteiger partial charge < -0.3 is 15.3 Å². The maximum absolute atomic E-state index is 11.7. The molecule has 1 fully saturated rings. The van der Waals surface area contributed by atoms with Crippen molar-refractivity contribution in [2.24, 2.45) is 5.92 Å². The Bertz CT molecular complexity index is 267. The fraction of sp³-hybridized carbons (Fsp3) is 0.833. The lowest BCUT2D eigenvalue weighted by Crippen LogP contribution is -2.41. The number of aliphatic hydroxyl groups is 1. The van der Waals surface area contributed by atoms with Crippen molar-refractivity contribution in [2.45, 2.75) is 25.7 Å². The number of rotatable bonds is 6. The lowest BCUT2D eigenvalue weighted by atomic mass is 9.96. The third-order valence-electron chi connectivity index (χ3n) is 3.13. The average Bonchev–Trinajstić information content (AvgIpc) is 2.37. The molecule has 1 amide bonds. The van der Waals surface area contributed by atoms with E-state index in [9.17, 15) is 4.79 Å². The summed E-state index contributed by atoms with van der Waals surface area (Å²) in [6.07, 6.45) is 2.92. The molecule has 0 bridgehead atoms. The molecule has 0 aromatic rings. The van der Waals surface area contributed by atoms with Crippen LogP contribution in [0.25, 0.3) is 0 Å². The first kappa shape index (κ1) is 13.9. The minimum absolute atomic E-state index is 0.104. The third kappa shape index (κ3) is 5.16. The van der Waals surface area contributed by atoms with Gasteiger partial charge in [-0.05, 0) is 32.4 Å². The SMILES string of the molecule is N#CCCN1CCC(C(=O)NCCCO)CC1. The fourth-order valence-corrected chi connectivity index (χ4v) is 2.06. The van der Waals surface area contributed by atoms with E-state index in [1.165, 1.54) is 0 Å². The number of nitrogens with one attached hydrogen (secondary N) is 1. The predicted octanol–water partition coefficient (Wildman–Crippen LogP) is 0.111. The number of nitriles is 1. The summed E-state index contributed by atoms with van der Waals surface area (Å²) in [5, 5.41) is 20.0. The molecule has 0 saturated carbocycles. The molecule has 1 saturated heterocycles. The Morgan fingerprint density at radius 3 is 2.76 bits per heavy atom. The summed E-state index contributed by atoms with van der Waals surface area (Å²) in [5.41, 5.74) is 0. The first-order chi connectivity index (χ1) is 8.27. The van der Waals surface area contributed by atoms with Crippen LogP contribution in [0, 0.1) is 17.2 Å². The molecule has 1 rings (SSSR count). The molecular formula is C12H21N3O2. The normalized spacial score (nSPS) is 17.6. The number of carbonyl (C=O) groups excluding carboxylic acids is 1. The Balaban J connectivity index is 2.17. The van der Waals surface area contributed by atoms with Crippen LogP contribution < -0.4 is 5.32 Å². The average molecular weight is 239 g/mol. The lowest BCUT2D eigenvalue weighted by molar-refractivity contribution is -0.126. The molecule has 17 heavy (non-hydrogen) atoms. The molecule has 0 aromatic heterocycles. The van der Waals surface area contributed by atoms with Gasteiger partial charge in [-0.2, -0.15) is 5.26 Å². The Kier molecular flexibility index (Phi) is 6.60. The largest absolute Gasteiger partial charge is 0.396 e. The van der Waals surface area contributed by atoms with Crippen LogP contribution in [0.5, 0.6) is 0 Å². The van der Waals surface area contributed by atoms with Gasteiger partial charge in [-0.25, -0.2) is 0 Å². The van der Waals surface area contributed by atoms with E-state index in [1.54, 1.807) is 0 Å². The number of amides is 1. The molecule has 0 aromatic carbocycles. The van der Waals surface area contributed by atoms with Crippen molar-refractivity contribution in [3.63, 3.8) is 0 Å². The monoisotopic (exact) mass is 239 g/mol. The highest BCUT2D eigenvalue weighted by molar-refractivity contribution is 5.78. The highest BCUT2D eigenvalue weighted by Gasteiger charge is 2.24. The predicted molar refractivity (Wildman–Crippen MR) is 64.1 cm³/mol. The van der Waals surface area contributed by atoms with Gasteiger partial charge >= 0.3 is 0 Å². The van der Waals surface area contributed by atoms with Crippen LogP contribution in [-0.4, -0.2) is 48.7 Å². The maximum Gasteiger partial charge on any atom is 0.223 e. The molecule has 1 aliphatic heterocycles. The molecule has 0 unspecified atom stereocenters. The standard InChI is InChI=1S/C12H21N3O2/c13-5-1-7-15-8-3-11(4-9-15)12(17)14-6-2-10-16/h11,16H,1-4,6-10H2,(H,14,17). The van der Waals surface area contributed by atoms with E-state index in [1.807, 2.05) is 0 Å². The van der Waals surface area contributed by atoms with E-state index in [0.717, 1.165) is 32.5 Å². The summed E-state index contributed by atoms with van der Waals surface area (Å²) in [6.45, 7) is 3.30. The Labute approximate surface area is 102 Å². The number of carbonyl (C=O) groups is 1. The van der Waals surface area contributed by atoms with Gasteiger partial charge in [0.1, 0.15) is 0 Å². The van der Waals surface area contributed by atoms with Gasteiger partial charge in [0.05, 0.1) is 6.07 Å². The van der Waals surface area contributed by atoms with Gasteiger partial charge in [-0.3, -0.25) is 4.79 Å². The number of piperidine rings is 1. The Hall–Kier alpha value is -1.12. The number of aliphatic hydroxyl groups excluding tert-OH is 1. The molecule has 2 N–H and O–H groups in total. The molecule has 5 nitrogen and oxygen atoms in total. The van der Waals surface area contributed by atoms with Crippen molar-refractivity contribution in [3.8, 4) is 6.07 Å². The molecule has 1 aliphatic rings. The zero-order chi connectivity index (χ0) is 12.5. The van der Waals surface area contributed by atoms with Gasteiger partial charge in [0.15, 0.2) is 0 Å². The topological polar surface area (TPSA) is 76.4 Å². The highest BCUT2D eigenvalue weighted by Crippen LogP contribution is 2.17. The Morgan fingerprint density at radius 1 is 1.47 bits per heavy atom. The van der Waals surface area contributed by atoms with Crippen LogP contribution in [0.2, 0.25) is 0 Å². The van der Waals surface area contributed by atoms with Gasteiger partial charge in [-0.1, -0.05) is 0 Å². The second-order valence-corrected chi connectivity index (χ2v) is 4.39. The summed E-state index contributed by atoms with van der Waals surface area (Å²) in [4.78, 5) is 14.0. The van der Waals surface area contributed by atoms with Crippen LogP contribution in [0.4, 0.5) is 0 Å². The van der Waals surface area contributed by atoms with Crippen LogP contribution in [0.1, 0.15) is 25.7 Å². The van der Waals surface area contributed by atoms with Crippen LogP contribution >= 0.6 is 0 Å². The number of likely N-dealkylation sites (tertiary alicyclic amines) is 1. The molecule has 96 valence electrons. The number of nitrogens with zero attached hydrogens (tertiary/aromatic N) is 2. The zero-order valence-corrected chi connectivity index (χ0v) is 10.2.